The molecule has 0 aromatic heterocycles. The molecule has 0 aliphatic rings. The predicted octanol–water partition coefficient (Wildman–Crippen LogP) is 3.89. The van der Waals surface area contributed by atoms with Gasteiger partial charge in [-0.25, -0.2) is 4.79 Å². The number of nitrogens with two attached hydrogens (primary N) is 2. The summed E-state index contributed by atoms with van der Waals surface area (Å²) in [7, 11) is 1.32. The molecule has 0 saturated heterocycles. The zero-order valence-electron chi connectivity index (χ0n) is 27.7. The van der Waals surface area contributed by atoms with Crippen molar-refractivity contribution in [3.8, 4) is 23.0 Å². The van der Waals surface area contributed by atoms with E-state index in [1.54, 1.807) is 0 Å². The van der Waals surface area contributed by atoms with Gasteiger partial charge in [0.15, 0.2) is 24.0 Å². The lowest BCUT2D eigenvalue weighted by molar-refractivity contribution is -0.143. The Balaban J connectivity index is 0.000000266. The summed E-state index contributed by atoms with van der Waals surface area (Å²) in [5, 5.41) is 0. The third-order valence-electron chi connectivity index (χ3n) is 6.79. The Hall–Kier alpha value is -5.52. The van der Waals surface area contributed by atoms with Gasteiger partial charge in [0.2, 0.25) is 0 Å². The number of esters is 1. The van der Waals surface area contributed by atoms with E-state index in [1.165, 1.54) is 14.0 Å². The molecule has 0 amide bonds. The van der Waals surface area contributed by atoms with E-state index in [1.807, 2.05) is 97.1 Å². The quantitative estimate of drug-likeness (QED) is 0.148. The van der Waals surface area contributed by atoms with E-state index in [4.69, 9.17) is 30.4 Å². The zero-order chi connectivity index (χ0) is 35.4. The summed E-state index contributed by atoms with van der Waals surface area (Å²) >= 11 is 0. The Bertz CT molecular complexity index is 1560. The van der Waals surface area contributed by atoms with E-state index < -0.39 is 5.97 Å². The van der Waals surface area contributed by atoms with Crippen molar-refractivity contribution in [1.29, 1.82) is 0 Å². The predicted molar refractivity (Wildman–Crippen MR) is 184 cm³/mol. The van der Waals surface area contributed by atoms with Crippen molar-refractivity contribution in [2.24, 2.45) is 11.5 Å². The van der Waals surface area contributed by atoms with Crippen LogP contribution in [0.4, 0.5) is 0 Å². The number of benzene rings is 4. The fourth-order valence-corrected chi connectivity index (χ4v) is 4.12. The molecule has 0 unspecified atom stereocenters. The summed E-state index contributed by atoms with van der Waals surface area (Å²) in [6.45, 7) is 1.43. The van der Waals surface area contributed by atoms with Crippen LogP contribution >= 0.6 is 0 Å². The lowest BCUT2D eigenvalue weighted by atomic mass is 10.0. The van der Waals surface area contributed by atoms with Crippen LogP contribution in [0.5, 0.6) is 23.0 Å². The molecule has 0 aliphatic carbocycles. The van der Waals surface area contributed by atoms with Crippen LogP contribution < -0.4 is 30.4 Å². The maximum Gasteiger partial charge on any atom is 0.343 e. The molecule has 0 heterocycles. The molecule has 0 saturated carbocycles. The summed E-state index contributed by atoms with van der Waals surface area (Å²) in [5.41, 5.74) is 15.0. The number of rotatable bonds is 18. The van der Waals surface area contributed by atoms with E-state index >= 15 is 0 Å². The second kappa shape index (κ2) is 20.7. The fourth-order valence-electron chi connectivity index (χ4n) is 4.12. The van der Waals surface area contributed by atoms with Gasteiger partial charge in [-0.3, -0.25) is 14.4 Å². The Kier molecular flexibility index (Phi) is 16.0. The third-order valence-corrected chi connectivity index (χ3v) is 6.79. The summed E-state index contributed by atoms with van der Waals surface area (Å²) in [6, 6.07) is 30.3. The van der Waals surface area contributed by atoms with Gasteiger partial charge in [-0.15, -0.1) is 0 Å². The van der Waals surface area contributed by atoms with E-state index in [2.05, 4.69) is 4.74 Å². The second-order valence-electron chi connectivity index (χ2n) is 10.8. The van der Waals surface area contributed by atoms with E-state index in [9.17, 15) is 19.2 Å². The SMILES string of the molecule is COC(=O)COc1ccc(Cc2ccc(OCC(C)=O)cc2)cc1.NCC(=O)COc1ccc(Cc2ccc(OCC(=O)CN)cc2)cc1. The van der Waals surface area contributed by atoms with Crippen LogP contribution in [0, 0.1) is 0 Å². The molecular weight excluding hydrogens is 628 g/mol. The summed E-state index contributed by atoms with van der Waals surface area (Å²) in [6.07, 6.45) is 1.52. The van der Waals surface area contributed by atoms with Crippen molar-refractivity contribution >= 4 is 23.3 Å². The van der Waals surface area contributed by atoms with Gasteiger partial charge in [-0.05, 0) is 90.6 Å². The van der Waals surface area contributed by atoms with Crippen LogP contribution in [0.1, 0.15) is 29.2 Å². The van der Waals surface area contributed by atoms with Crippen LogP contribution in [-0.4, -0.2) is 69.9 Å². The zero-order valence-corrected chi connectivity index (χ0v) is 27.7. The molecule has 258 valence electrons. The number of carbonyl (C=O) groups is 4. The Morgan fingerprint density at radius 3 is 1.02 bits per heavy atom. The van der Waals surface area contributed by atoms with Crippen LogP contribution in [0.3, 0.4) is 0 Å². The van der Waals surface area contributed by atoms with Crippen molar-refractivity contribution in [2.75, 3.05) is 46.6 Å². The van der Waals surface area contributed by atoms with Gasteiger partial charge < -0.3 is 35.2 Å². The monoisotopic (exact) mass is 670 g/mol. The topological polar surface area (TPSA) is 166 Å². The van der Waals surface area contributed by atoms with Crippen LogP contribution in [-0.2, 0) is 36.8 Å². The lowest BCUT2D eigenvalue weighted by Gasteiger charge is -2.08. The number of hydrogen-bond acceptors (Lipinski definition) is 11. The second-order valence-corrected chi connectivity index (χ2v) is 10.8. The minimum Gasteiger partial charge on any atom is -0.486 e. The average Bonchev–Trinajstić information content (AvgIpc) is 3.13. The van der Waals surface area contributed by atoms with E-state index in [-0.39, 0.29) is 56.9 Å². The van der Waals surface area contributed by atoms with Crippen LogP contribution in [0.15, 0.2) is 97.1 Å². The molecule has 4 aromatic carbocycles. The number of hydrogen-bond donors (Lipinski definition) is 2. The van der Waals surface area contributed by atoms with Crippen molar-refractivity contribution in [1.82, 2.24) is 0 Å². The maximum absolute atomic E-state index is 11.1. The molecule has 0 atom stereocenters. The molecule has 11 nitrogen and oxygen atoms in total. The van der Waals surface area contributed by atoms with Crippen LogP contribution in [0.2, 0.25) is 0 Å². The van der Waals surface area contributed by atoms with Crippen LogP contribution in [0.25, 0.3) is 0 Å². The lowest BCUT2D eigenvalue weighted by Crippen LogP contribution is -2.20. The molecule has 11 heteroatoms. The van der Waals surface area contributed by atoms with Gasteiger partial charge in [-0.1, -0.05) is 48.5 Å². The fraction of sp³-hybridized carbons (Fsp3) is 0.263. The van der Waals surface area contributed by atoms with Gasteiger partial charge >= 0.3 is 5.97 Å². The maximum atomic E-state index is 11.1. The largest absolute Gasteiger partial charge is 0.486 e. The number of ketones is 3. The first kappa shape index (κ1) is 37.9. The minimum absolute atomic E-state index is 0.00594. The highest BCUT2D eigenvalue weighted by Gasteiger charge is 2.05. The molecule has 0 spiro atoms. The molecule has 0 bridgehead atoms. The summed E-state index contributed by atoms with van der Waals surface area (Å²) in [4.78, 5) is 44.2. The minimum atomic E-state index is -0.411. The Morgan fingerprint density at radius 1 is 0.469 bits per heavy atom. The molecule has 0 radical (unpaired) electrons. The first-order chi connectivity index (χ1) is 23.7. The number of ether oxygens (including phenoxy) is 5. The summed E-state index contributed by atoms with van der Waals surface area (Å²) < 4.78 is 25.9. The molecule has 4 aromatic rings. The highest BCUT2D eigenvalue weighted by molar-refractivity contribution is 5.82. The smallest absolute Gasteiger partial charge is 0.343 e. The molecule has 0 fully saturated rings. The van der Waals surface area contributed by atoms with Gasteiger partial charge in [0.25, 0.3) is 0 Å². The van der Waals surface area contributed by atoms with Crippen molar-refractivity contribution in [3.63, 3.8) is 0 Å². The van der Waals surface area contributed by atoms with Crippen molar-refractivity contribution < 1.29 is 42.9 Å². The van der Waals surface area contributed by atoms with Crippen molar-refractivity contribution in [3.05, 3.63) is 119 Å². The first-order valence-corrected chi connectivity index (χ1v) is 15.5. The standard InChI is InChI=1S/C19H22N2O4.C19H20O5/c20-10-16(22)12-24-18-5-1-14(2-6-18)9-15-3-7-19(8-4-15)25-13-17(23)11-21;1-14(20)12-23-17-7-3-15(4-8-17)11-16-5-9-18(10-6-16)24-13-19(21)22-2/h1-8H,9-13,20-21H2;3-10H,11-13H2,1-2H3. The first-order valence-electron chi connectivity index (χ1n) is 15.5. The van der Waals surface area contributed by atoms with Gasteiger partial charge in [0.05, 0.1) is 20.2 Å². The van der Waals surface area contributed by atoms with Gasteiger partial charge in [0, 0.05) is 0 Å². The third kappa shape index (κ3) is 14.8. The molecule has 49 heavy (non-hydrogen) atoms. The van der Waals surface area contributed by atoms with E-state index in [0.717, 1.165) is 35.1 Å². The number of carbonyl (C=O) groups excluding carboxylic acids is 4. The normalized spacial score (nSPS) is 10.2. The molecule has 4 N–H and O–H groups in total. The average molecular weight is 671 g/mol. The number of Topliss-reactive ketones (excluding diaryl/α,β-unsaturated/α-hetero) is 3. The van der Waals surface area contributed by atoms with E-state index in [0.29, 0.717) is 23.0 Å². The van der Waals surface area contributed by atoms with Gasteiger partial charge in [-0.2, -0.15) is 0 Å². The van der Waals surface area contributed by atoms with Gasteiger partial charge in [0.1, 0.15) is 42.8 Å². The summed E-state index contributed by atoms with van der Waals surface area (Å²) in [5.74, 6) is 1.88. The molecule has 4 rings (SSSR count). The highest BCUT2D eigenvalue weighted by Crippen LogP contribution is 2.19. The molecular formula is C38H42N2O9. The Labute approximate surface area is 286 Å². The molecule has 0 aliphatic heterocycles. The number of methoxy groups -OCH3 is 1. The van der Waals surface area contributed by atoms with Crippen molar-refractivity contribution in [2.45, 2.75) is 19.8 Å². The highest BCUT2D eigenvalue weighted by atomic mass is 16.6. The Morgan fingerprint density at radius 2 is 0.755 bits per heavy atom.